The van der Waals surface area contributed by atoms with E-state index < -0.39 is 23.9 Å². The molecular formula is C28H43NO8. The molecule has 9 heteroatoms. The van der Waals surface area contributed by atoms with Crippen LogP contribution in [0.1, 0.15) is 72.8 Å². The van der Waals surface area contributed by atoms with Gasteiger partial charge in [-0.3, -0.25) is 19.2 Å². The van der Waals surface area contributed by atoms with E-state index in [2.05, 4.69) is 5.32 Å². The van der Waals surface area contributed by atoms with Crippen LogP contribution in [0.4, 0.5) is 0 Å². The highest BCUT2D eigenvalue weighted by Crippen LogP contribution is 2.30. The lowest BCUT2D eigenvalue weighted by atomic mass is 10.0. The number of rotatable bonds is 16. The Kier molecular flexibility index (Phi) is 14.5. The predicted molar refractivity (Wildman–Crippen MR) is 139 cm³/mol. The van der Waals surface area contributed by atoms with E-state index in [1.54, 1.807) is 18.2 Å². The molecule has 0 saturated heterocycles. The number of ether oxygens (including phenoxy) is 4. The molecule has 0 spiro atoms. The van der Waals surface area contributed by atoms with Crippen molar-refractivity contribution in [3.8, 4) is 11.5 Å². The number of hydrogen-bond acceptors (Lipinski definition) is 9. The smallest absolute Gasteiger partial charge is 0.323 e. The van der Waals surface area contributed by atoms with Crippen LogP contribution in [0.15, 0.2) is 18.2 Å². The van der Waals surface area contributed by atoms with Gasteiger partial charge < -0.3 is 24.3 Å². The molecule has 208 valence electrons. The Morgan fingerprint density at radius 3 is 1.95 bits per heavy atom. The third-order valence-corrected chi connectivity index (χ3v) is 5.21. The van der Waals surface area contributed by atoms with Gasteiger partial charge in [0, 0.05) is 25.8 Å². The zero-order valence-corrected chi connectivity index (χ0v) is 23.3. The molecule has 1 rings (SSSR count). The molecule has 0 aliphatic carbocycles. The summed E-state index contributed by atoms with van der Waals surface area (Å²) in [6, 6.07) is 4.10. The molecule has 0 unspecified atom stereocenters. The molecule has 1 atom stereocenters. The Morgan fingerprint density at radius 2 is 1.41 bits per heavy atom. The van der Waals surface area contributed by atoms with Crippen molar-refractivity contribution in [3.05, 3.63) is 23.8 Å². The van der Waals surface area contributed by atoms with Gasteiger partial charge in [0.15, 0.2) is 11.5 Å². The second-order valence-electron chi connectivity index (χ2n) is 10.3. The van der Waals surface area contributed by atoms with E-state index in [4.69, 9.17) is 18.9 Å². The van der Waals surface area contributed by atoms with Gasteiger partial charge in [0.2, 0.25) is 0 Å². The lowest BCUT2D eigenvalue weighted by molar-refractivity contribution is -0.144. The lowest BCUT2D eigenvalue weighted by Crippen LogP contribution is -2.41. The first-order valence-corrected chi connectivity index (χ1v) is 12.9. The van der Waals surface area contributed by atoms with Crippen LogP contribution in [-0.4, -0.2) is 50.2 Å². The van der Waals surface area contributed by atoms with Gasteiger partial charge in [0.1, 0.15) is 12.6 Å². The highest BCUT2D eigenvalue weighted by atomic mass is 16.6. The summed E-state index contributed by atoms with van der Waals surface area (Å²) in [7, 11) is 1.29. The van der Waals surface area contributed by atoms with Crippen LogP contribution in [0.5, 0.6) is 11.5 Å². The van der Waals surface area contributed by atoms with E-state index in [9.17, 15) is 19.2 Å². The third kappa shape index (κ3) is 13.8. The van der Waals surface area contributed by atoms with Crippen molar-refractivity contribution < 1.29 is 38.1 Å². The van der Waals surface area contributed by atoms with E-state index in [1.165, 1.54) is 7.11 Å². The summed E-state index contributed by atoms with van der Waals surface area (Å²) in [5.74, 6) is -0.775. The monoisotopic (exact) mass is 521 g/mol. The summed E-state index contributed by atoms with van der Waals surface area (Å²) in [5.41, 5.74) is 0.660. The average molecular weight is 522 g/mol. The van der Waals surface area contributed by atoms with Gasteiger partial charge >= 0.3 is 23.9 Å². The third-order valence-electron chi connectivity index (χ3n) is 5.21. The normalized spacial score (nSPS) is 11.9. The minimum atomic E-state index is -0.729. The van der Waals surface area contributed by atoms with Crippen LogP contribution >= 0.6 is 0 Å². The van der Waals surface area contributed by atoms with Crippen LogP contribution in [0.25, 0.3) is 0 Å². The molecule has 0 heterocycles. The zero-order chi connectivity index (χ0) is 28.0. The van der Waals surface area contributed by atoms with Gasteiger partial charge in [-0.15, -0.1) is 0 Å². The van der Waals surface area contributed by atoms with Gasteiger partial charge in [-0.1, -0.05) is 47.6 Å². The molecule has 9 nitrogen and oxygen atoms in total. The molecule has 0 aliphatic rings. The van der Waals surface area contributed by atoms with Crippen molar-refractivity contribution in [1.82, 2.24) is 5.32 Å². The molecule has 0 bridgehead atoms. The van der Waals surface area contributed by atoms with Crippen molar-refractivity contribution in [1.29, 1.82) is 0 Å². The molecule has 0 aliphatic heterocycles. The van der Waals surface area contributed by atoms with E-state index in [-0.39, 0.29) is 61.7 Å². The summed E-state index contributed by atoms with van der Waals surface area (Å²) in [6.45, 7) is 12.1. The lowest BCUT2D eigenvalue weighted by Gasteiger charge is -2.18. The maximum absolute atomic E-state index is 12.4. The topological polar surface area (TPSA) is 117 Å². The number of methoxy groups -OCH3 is 1. The molecule has 1 aromatic rings. The number of esters is 4. The van der Waals surface area contributed by atoms with Gasteiger partial charge in [-0.05, 0) is 48.3 Å². The number of hydrogen-bond donors (Lipinski definition) is 1. The zero-order valence-electron chi connectivity index (χ0n) is 23.3. The van der Waals surface area contributed by atoms with Crippen LogP contribution < -0.4 is 14.8 Å². The summed E-state index contributed by atoms with van der Waals surface area (Å²) >= 11 is 0. The Bertz CT molecular complexity index is 894. The summed E-state index contributed by atoms with van der Waals surface area (Å²) in [4.78, 5) is 48.8. The second-order valence-corrected chi connectivity index (χ2v) is 10.3. The molecule has 37 heavy (non-hydrogen) atoms. The van der Waals surface area contributed by atoms with Crippen molar-refractivity contribution in [2.45, 2.75) is 79.7 Å². The first kappa shape index (κ1) is 32.1. The first-order valence-electron chi connectivity index (χ1n) is 12.9. The van der Waals surface area contributed by atoms with Gasteiger partial charge in [0.05, 0.1) is 7.11 Å². The number of benzene rings is 1. The molecule has 0 aromatic heterocycles. The fourth-order valence-electron chi connectivity index (χ4n) is 3.33. The largest absolute Gasteiger partial charge is 0.468 e. The van der Waals surface area contributed by atoms with Crippen molar-refractivity contribution in [3.63, 3.8) is 0 Å². The summed E-state index contributed by atoms with van der Waals surface area (Å²) in [5, 5.41) is 3.05. The molecular weight excluding hydrogens is 478 g/mol. The predicted octanol–water partition coefficient (Wildman–Crippen LogP) is 4.24. The van der Waals surface area contributed by atoms with E-state index in [0.29, 0.717) is 17.9 Å². The minimum Gasteiger partial charge on any atom is -0.468 e. The molecule has 0 saturated carbocycles. The van der Waals surface area contributed by atoms with Crippen LogP contribution in [0.3, 0.4) is 0 Å². The van der Waals surface area contributed by atoms with Crippen LogP contribution in [0, 0.1) is 17.8 Å². The highest BCUT2D eigenvalue weighted by Gasteiger charge is 2.22. The Balaban J connectivity index is 2.94. The fourth-order valence-corrected chi connectivity index (χ4v) is 3.33. The quantitative estimate of drug-likeness (QED) is 0.194. The van der Waals surface area contributed by atoms with E-state index in [0.717, 1.165) is 6.42 Å². The standard InChI is InChI=1S/C28H43NO8/c1-18(2)8-11-25(30)35-13-12-29-22(28(33)34-7)16-21-9-10-23(36-26(31)14-19(3)4)24(17-21)37-27(32)15-20(5)6/h9-10,17-20,22,29H,8,11-16H2,1-7H3/t22-/m0/s1. The highest BCUT2D eigenvalue weighted by molar-refractivity contribution is 5.77. The number of carbonyl (C=O) groups excluding carboxylic acids is 4. The van der Waals surface area contributed by atoms with Crippen molar-refractivity contribution in [2.75, 3.05) is 20.3 Å². The Hall–Kier alpha value is -2.94. The summed E-state index contributed by atoms with van der Waals surface area (Å²) in [6.07, 6.45) is 1.74. The second kappa shape index (κ2) is 16.7. The average Bonchev–Trinajstić information content (AvgIpc) is 2.79. The van der Waals surface area contributed by atoms with E-state index in [1.807, 2.05) is 41.5 Å². The fraction of sp³-hybridized carbons (Fsp3) is 0.643. The molecule has 1 N–H and O–H groups in total. The van der Waals surface area contributed by atoms with Crippen LogP contribution in [0.2, 0.25) is 0 Å². The number of nitrogens with one attached hydrogen (secondary N) is 1. The van der Waals surface area contributed by atoms with Crippen molar-refractivity contribution >= 4 is 23.9 Å². The van der Waals surface area contributed by atoms with Crippen molar-refractivity contribution in [2.24, 2.45) is 17.8 Å². The van der Waals surface area contributed by atoms with Gasteiger partial charge in [-0.25, -0.2) is 0 Å². The molecule has 1 aromatic carbocycles. The Morgan fingerprint density at radius 1 is 0.811 bits per heavy atom. The summed E-state index contributed by atoms with van der Waals surface area (Å²) < 4.78 is 21.1. The first-order chi connectivity index (χ1) is 17.4. The van der Waals surface area contributed by atoms with Crippen LogP contribution in [-0.2, 0) is 35.1 Å². The van der Waals surface area contributed by atoms with Gasteiger partial charge in [-0.2, -0.15) is 0 Å². The Labute approximate surface area is 220 Å². The minimum absolute atomic E-state index is 0.0926. The maximum Gasteiger partial charge on any atom is 0.323 e. The molecule has 0 radical (unpaired) electrons. The molecule has 0 fully saturated rings. The SMILES string of the molecule is COC(=O)[C@H](Cc1ccc(OC(=O)CC(C)C)c(OC(=O)CC(C)C)c1)NCCOC(=O)CCC(C)C. The maximum atomic E-state index is 12.4. The number of carbonyl (C=O) groups is 4. The molecule has 0 amide bonds. The van der Waals surface area contributed by atoms with Gasteiger partial charge in [0.25, 0.3) is 0 Å². The van der Waals surface area contributed by atoms with E-state index >= 15 is 0 Å².